The van der Waals surface area contributed by atoms with Gasteiger partial charge < -0.3 is 5.32 Å². The third-order valence-electron chi connectivity index (χ3n) is 3.84. The summed E-state index contributed by atoms with van der Waals surface area (Å²) in [6, 6.07) is 21.6. The molecular weight excluding hydrogens is 511 g/mol. The predicted molar refractivity (Wildman–Crippen MR) is 120 cm³/mol. The zero-order valence-corrected chi connectivity index (χ0v) is 18.3. The number of hydrogen-bond donors (Lipinski definition) is 1. The molecule has 0 bridgehead atoms. The van der Waals surface area contributed by atoms with Crippen molar-refractivity contribution in [1.82, 2.24) is 0 Å². The molecule has 5 nitrogen and oxygen atoms in total. The molecule has 0 saturated carbocycles. The van der Waals surface area contributed by atoms with E-state index in [9.17, 15) is 13.2 Å². The third kappa shape index (κ3) is 5.03. The Morgan fingerprint density at radius 2 is 1.64 bits per heavy atom. The summed E-state index contributed by atoms with van der Waals surface area (Å²) < 4.78 is 28.4. The Labute approximate surface area is 182 Å². The number of carbonyl (C=O) groups excluding carboxylic acids is 1. The standard InChI is InChI=1S/C20H16ClIN2O3S/c21-15-5-4-6-17(13-15)23-20(25)14-24(18-11-9-16(22)10-12-18)28(26,27)19-7-2-1-3-8-19/h1-13H,14H2,(H,23,25). The Kier molecular flexibility index (Phi) is 6.58. The van der Waals surface area contributed by atoms with E-state index in [1.807, 2.05) is 0 Å². The lowest BCUT2D eigenvalue weighted by Gasteiger charge is -2.24. The quantitative estimate of drug-likeness (QED) is 0.470. The zero-order chi connectivity index (χ0) is 20.1. The van der Waals surface area contributed by atoms with Gasteiger partial charge in [-0.3, -0.25) is 9.10 Å². The van der Waals surface area contributed by atoms with E-state index in [1.54, 1.807) is 66.7 Å². The van der Waals surface area contributed by atoms with Gasteiger partial charge in [0.2, 0.25) is 5.91 Å². The lowest BCUT2D eigenvalue weighted by atomic mass is 10.3. The molecule has 0 atom stereocenters. The van der Waals surface area contributed by atoms with E-state index in [0.29, 0.717) is 16.4 Å². The van der Waals surface area contributed by atoms with Gasteiger partial charge >= 0.3 is 0 Å². The van der Waals surface area contributed by atoms with Crippen LogP contribution in [-0.2, 0) is 14.8 Å². The van der Waals surface area contributed by atoms with Gasteiger partial charge in [0.25, 0.3) is 10.0 Å². The Balaban J connectivity index is 1.92. The van der Waals surface area contributed by atoms with Crippen LogP contribution in [0.3, 0.4) is 0 Å². The number of halogens is 2. The average molecular weight is 527 g/mol. The number of hydrogen-bond acceptors (Lipinski definition) is 3. The third-order valence-corrected chi connectivity index (χ3v) is 6.58. The average Bonchev–Trinajstić information content (AvgIpc) is 2.67. The fourth-order valence-corrected chi connectivity index (χ4v) is 4.53. The lowest BCUT2D eigenvalue weighted by Crippen LogP contribution is -2.38. The molecule has 0 aliphatic carbocycles. The van der Waals surface area contributed by atoms with E-state index in [1.165, 1.54) is 12.1 Å². The maximum absolute atomic E-state index is 13.2. The van der Waals surface area contributed by atoms with Crippen molar-refractivity contribution >= 4 is 61.5 Å². The van der Waals surface area contributed by atoms with Gasteiger partial charge in [-0.1, -0.05) is 35.9 Å². The van der Waals surface area contributed by atoms with Crippen LogP contribution in [0.2, 0.25) is 5.02 Å². The van der Waals surface area contributed by atoms with E-state index < -0.39 is 15.9 Å². The second-order valence-electron chi connectivity index (χ2n) is 5.86. The van der Waals surface area contributed by atoms with Crippen molar-refractivity contribution in [2.24, 2.45) is 0 Å². The van der Waals surface area contributed by atoms with Crippen LogP contribution in [0.5, 0.6) is 0 Å². The molecular formula is C20H16ClIN2O3S. The molecule has 3 aromatic rings. The van der Waals surface area contributed by atoms with Gasteiger partial charge in [0, 0.05) is 14.3 Å². The van der Waals surface area contributed by atoms with E-state index in [2.05, 4.69) is 27.9 Å². The molecule has 0 aliphatic heterocycles. The van der Waals surface area contributed by atoms with Gasteiger partial charge in [0.15, 0.2) is 0 Å². The summed E-state index contributed by atoms with van der Waals surface area (Å²) in [5, 5.41) is 3.16. The first-order valence-corrected chi connectivity index (χ1v) is 11.1. The SMILES string of the molecule is O=C(CN(c1ccc(I)cc1)S(=O)(=O)c1ccccc1)Nc1cccc(Cl)c1. The number of nitrogens with one attached hydrogen (secondary N) is 1. The highest BCUT2D eigenvalue weighted by atomic mass is 127. The molecule has 144 valence electrons. The first-order chi connectivity index (χ1) is 13.4. The van der Waals surface area contributed by atoms with Gasteiger partial charge in [0.1, 0.15) is 6.54 Å². The first kappa shape index (κ1) is 20.6. The molecule has 0 aliphatic rings. The van der Waals surface area contributed by atoms with Crippen LogP contribution in [0.1, 0.15) is 0 Å². The maximum atomic E-state index is 13.2. The summed E-state index contributed by atoms with van der Waals surface area (Å²) in [4.78, 5) is 12.7. The fourth-order valence-electron chi connectivity index (χ4n) is 2.54. The summed E-state index contributed by atoms with van der Waals surface area (Å²) in [5.41, 5.74) is 0.905. The van der Waals surface area contributed by atoms with Gasteiger partial charge in [-0.05, 0) is 77.2 Å². The highest BCUT2D eigenvalue weighted by Gasteiger charge is 2.27. The topological polar surface area (TPSA) is 66.5 Å². The number of nitrogens with zero attached hydrogens (tertiary/aromatic N) is 1. The van der Waals surface area contributed by atoms with Crippen molar-refractivity contribution in [3.05, 3.63) is 87.5 Å². The summed E-state index contributed by atoms with van der Waals surface area (Å²) in [6.45, 7) is -0.371. The Bertz CT molecular complexity index is 1070. The zero-order valence-electron chi connectivity index (χ0n) is 14.5. The van der Waals surface area contributed by atoms with Crippen molar-refractivity contribution in [3.8, 4) is 0 Å². The monoisotopic (exact) mass is 526 g/mol. The van der Waals surface area contributed by atoms with Gasteiger partial charge in [-0.2, -0.15) is 0 Å². The number of sulfonamides is 1. The summed E-state index contributed by atoms with van der Waals surface area (Å²) in [5.74, 6) is -0.472. The van der Waals surface area contributed by atoms with Crippen LogP contribution in [0.25, 0.3) is 0 Å². The molecule has 0 heterocycles. The Morgan fingerprint density at radius 1 is 0.964 bits per heavy atom. The first-order valence-electron chi connectivity index (χ1n) is 8.25. The number of amides is 1. The molecule has 0 fully saturated rings. The van der Waals surface area contributed by atoms with Gasteiger partial charge in [-0.25, -0.2) is 8.42 Å². The van der Waals surface area contributed by atoms with Crippen molar-refractivity contribution in [2.45, 2.75) is 4.90 Å². The Morgan fingerprint density at radius 3 is 2.29 bits per heavy atom. The van der Waals surface area contributed by atoms with Gasteiger partial charge in [0.05, 0.1) is 10.6 Å². The second-order valence-corrected chi connectivity index (χ2v) is 9.40. The molecule has 3 aromatic carbocycles. The van der Waals surface area contributed by atoms with E-state index >= 15 is 0 Å². The summed E-state index contributed by atoms with van der Waals surface area (Å²) in [6.07, 6.45) is 0. The second kappa shape index (κ2) is 8.93. The lowest BCUT2D eigenvalue weighted by molar-refractivity contribution is -0.114. The van der Waals surface area contributed by atoms with E-state index in [4.69, 9.17) is 11.6 Å². The minimum Gasteiger partial charge on any atom is -0.324 e. The van der Waals surface area contributed by atoms with Crippen molar-refractivity contribution in [2.75, 3.05) is 16.2 Å². The molecule has 1 N–H and O–H groups in total. The molecule has 0 spiro atoms. The number of benzene rings is 3. The largest absolute Gasteiger partial charge is 0.324 e. The molecule has 3 rings (SSSR count). The van der Waals surface area contributed by atoms with Crippen LogP contribution < -0.4 is 9.62 Å². The van der Waals surface area contributed by atoms with Crippen molar-refractivity contribution in [1.29, 1.82) is 0 Å². The van der Waals surface area contributed by atoms with Gasteiger partial charge in [-0.15, -0.1) is 0 Å². The van der Waals surface area contributed by atoms with Crippen LogP contribution in [0.4, 0.5) is 11.4 Å². The van der Waals surface area contributed by atoms with Crippen molar-refractivity contribution < 1.29 is 13.2 Å². The molecule has 1 amide bonds. The van der Waals surface area contributed by atoms with Crippen LogP contribution in [-0.4, -0.2) is 20.9 Å². The number of carbonyl (C=O) groups is 1. The summed E-state index contributed by atoms with van der Waals surface area (Å²) in [7, 11) is -3.92. The predicted octanol–water partition coefficient (Wildman–Crippen LogP) is 4.78. The normalized spacial score (nSPS) is 11.1. The molecule has 8 heteroatoms. The molecule has 0 saturated heterocycles. The van der Waals surface area contributed by atoms with E-state index in [-0.39, 0.29) is 11.4 Å². The van der Waals surface area contributed by atoms with E-state index in [0.717, 1.165) is 7.88 Å². The highest BCUT2D eigenvalue weighted by Crippen LogP contribution is 2.24. The smallest absolute Gasteiger partial charge is 0.264 e. The molecule has 0 radical (unpaired) electrons. The van der Waals surface area contributed by atoms with Crippen molar-refractivity contribution in [3.63, 3.8) is 0 Å². The van der Waals surface area contributed by atoms with Crippen LogP contribution >= 0.6 is 34.2 Å². The minimum atomic E-state index is -3.92. The number of anilines is 2. The number of rotatable bonds is 6. The minimum absolute atomic E-state index is 0.115. The Hall–Kier alpha value is -2.10. The molecule has 28 heavy (non-hydrogen) atoms. The molecule has 0 unspecified atom stereocenters. The summed E-state index contributed by atoms with van der Waals surface area (Å²) >= 11 is 8.08. The molecule has 0 aromatic heterocycles. The fraction of sp³-hybridized carbons (Fsp3) is 0.0500. The van der Waals surface area contributed by atoms with Crippen LogP contribution in [0, 0.1) is 3.57 Å². The van der Waals surface area contributed by atoms with Crippen LogP contribution in [0.15, 0.2) is 83.8 Å². The highest BCUT2D eigenvalue weighted by molar-refractivity contribution is 14.1. The maximum Gasteiger partial charge on any atom is 0.264 e.